The van der Waals surface area contributed by atoms with Gasteiger partial charge in [0, 0.05) is 26.6 Å². The Bertz CT molecular complexity index is 554. The topological polar surface area (TPSA) is 54.2 Å². The van der Waals surface area contributed by atoms with Crippen LogP contribution in [0.2, 0.25) is 0 Å². The van der Waals surface area contributed by atoms with Crippen molar-refractivity contribution in [1.82, 2.24) is 15.1 Å². The number of nitrogens with zero attached hydrogens (tertiary/aromatic N) is 3. The van der Waals surface area contributed by atoms with Crippen molar-refractivity contribution in [3.05, 3.63) is 41.8 Å². The third-order valence-corrected chi connectivity index (χ3v) is 4.01. The number of rotatable bonds is 5. The minimum Gasteiger partial charge on any atom is -0.408 e. The quantitative estimate of drug-likeness (QED) is 0.916. The van der Waals surface area contributed by atoms with Gasteiger partial charge >= 0.3 is 6.01 Å². The molecular formula is C16H22N4O. The van der Waals surface area contributed by atoms with Crippen molar-refractivity contribution < 1.29 is 4.42 Å². The molecule has 112 valence electrons. The van der Waals surface area contributed by atoms with Gasteiger partial charge in [-0.15, -0.1) is 5.10 Å². The van der Waals surface area contributed by atoms with E-state index in [4.69, 9.17) is 4.42 Å². The first kappa shape index (κ1) is 14.1. The second-order valence-electron chi connectivity index (χ2n) is 5.60. The maximum Gasteiger partial charge on any atom is 0.315 e. The molecule has 0 saturated carbocycles. The van der Waals surface area contributed by atoms with Crippen LogP contribution in [0.25, 0.3) is 0 Å². The molecule has 2 aromatic rings. The van der Waals surface area contributed by atoms with E-state index in [0.717, 1.165) is 19.6 Å². The summed E-state index contributed by atoms with van der Waals surface area (Å²) in [5.74, 6) is 1.25. The van der Waals surface area contributed by atoms with Crippen LogP contribution in [0.5, 0.6) is 0 Å². The van der Waals surface area contributed by atoms with Gasteiger partial charge < -0.3 is 14.6 Å². The summed E-state index contributed by atoms with van der Waals surface area (Å²) in [7, 11) is 0. The van der Waals surface area contributed by atoms with E-state index in [1.165, 1.54) is 24.9 Å². The Morgan fingerprint density at radius 1 is 1.29 bits per heavy atom. The van der Waals surface area contributed by atoms with Gasteiger partial charge in [0.2, 0.25) is 5.89 Å². The Morgan fingerprint density at radius 3 is 2.90 bits per heavy atom. The van der Waals surface area contributed by atoms with E-state index in [2.05, 4.69) is 50.7 Å². The summed E-state index contributed by atoms with van der Waals surface area (Å²) in [5.41, 5.74) is 1.46. The van der Waals surface area contributed by atoms with Crippen LogP contribution in [-0.2, 0) is 0 Å². The summed E-state index contributed by atoms with van der Waals surface area (Å²) < 4.78 is 5.31. The van der Waals surface area contributed by atoms with Gasteiger partial charge in [0.25, 0.3) is 0 Å². The number of likely N-dealkylation sites (tertiary alicyclic amines) is 1. The van der Waals surface area contributed by atoms with Crippen LogP contribution in [0.15, 0.2) is 34.7 Å². The zero-order chi connectivity index (χ0) is 14.5. The van der Waals surface area contributed by atoms with Gasteiger partial charge in [-0.3, -0.25) is 0 Å². The normalized spacial score (nSPS) is 19.6. The highest BCUT2D eigenvalue weighted by atomic mass is 16.4. The molecule has 1 aromatic heterocycles. The lowest BCUT2D eigenvalue weighted by molar-refractivity contribution is 0.215. The van der Waals surface area contributed by atoms with Crippen molar-refractivity contribution >= 4 is 6.01 Å². The molecule has 0 unspecified atom stereocenters. The van der Waals surface area contributed by atoms with Crippen molar-refractivity contribution in [2.75, 3.05) is 31.5 Å². The largest absolute Gasteiger partial charge is 0.408 e. The minimum absolute atomic E-state index is 0.518. The van der Waals surface area contributed by atoms with Crippen molar-refractivity contribution in [3.8, 4) is 0 Å². The predicted octanol–water partition coefficient (Wildman–Crippen LogP) is 2.67. The number of aromatic nitrogens is 2. The van der Waals surface area contributed by atoms with E-state index >= 15 is 0 Å². The second-order valence-corrected chi connectivity index (χ2v) is 5.60. The van der Waals surface area contributed by atoms with E-state index in [1.54, 1.807) is 6.92 Å². The molecule has 3 rings (SSSR count). The van der Waals surface area contributed by atoms with Crippen LogP contribution in [0.4, 0.5) is 6.01 Å². The van der Waals surface area contributed by atoms with Crippen molar-refractivity contribution in [3.63, 3.8) is 0 Å². The lowest BCUT2D eigenvalue weighted by Crippen LogP contribution is -2.37. The van der Waals surface area contributed by atoms with Crippen LogP contribution in [-0.4, -0.2) is 41.3 Å². The van der Waals surface area contributed by atoms with E-state index < -0.39 is 0 Å². The molecule has 1 aliphatic heterocycles. The van der Waals surface area contributed by atoms with E-state index in [0.29, 0.717) is 17.8 Å². The van der Waals surface area contributed by atoms with Crippen molar-refractivity contribution in [1.29, 1.82) is 0 Å². The summed E-state index contributed by atoms with van der Waals surface area (Å²) in [6.07, 6.45) is 2.55. The Kier molecular flexibility index (Phi) is 4.50. The third kappa shape index (κ3) is 3.82. The molecular weight excluding hydrogens is 264 g/mol. The SMILES string of the molecule is Cc1nnc(NCCN2CCC[C@H](c3ccccc3)C2)o1. The summed E-state index contributed by atoms with van der Waals surface area (Å²) in [6, 6.07) is 11.4. The molecule has 0 spiro atoms. The van der Waals surface area contributed by atoms with Gasteiger partial charge in [-0.25, -0.2) is 0 Å². The number of hydrogen-bond acceptors (Lipinski definition) is 5. The molecule has 0 aliphatic carbocycles. The lowest BCUT2D eigenvalue weighted by atomic mass is 9.91. The second kappa shape index (κ2) is 6.72. The maximum atomic E-state index is 5.31. The van der Waals surface area contributed by atoms with Crippen molar-refractivity contribution in [2.45, 2.75) is 25.7 Å². The first-order valence-electron chi connectivity index (χ1n) is 7.62. The van der Waals surface area contributed by atoms with Crippen LogP contribution < -0.4 is 5.32 Å². The molecule has 5 nitrogen and oxygen atoms in total. The van der Waals surface area contributed by atoms with Gasteiger partial charge in [0.15, 0.2) is 0 Å². The molecule has 1 fully saturated rings. The summed E-state index contributed by atoms with van der Waals surface area (Å²) in [5, 5.41) is 10.9. The first-order chi connectivity index (χ1) is 10.3. The summed E-state index contributed by atoms with van der Waals surface area (Å²) in [6.45, 7) is 5.95. The summed E-state index contributed by atoms with van der Waals surface area (Å²) in [4.78, 5) is 2.51. The fourth-order valence-corrected chi connectivity index (χ4v) is 2.94. The predicted molar refractivity (Wildman–Crippen MR) is 82.4 cm³/mol. The molecule has 1 aromatic carbocycles. The fourth-order valence-electron chi connectivity index (χ4n) is 2.94. The van der Waals surface area contributed by atoms with Gasteiger partial charge in [0.1, 0.15) is 0 Å². The third-order valence-electron chi connectivity index (χ3n) is 4.01. The molecule has 1 N–H and O–H groups in total. The van der Waals surface area contributed by atoms with Crippen LogP contribution in [0, 0.1) is 6.92 Å². The lowest BCUT2D eigenvalue weighted by Gasteiger charge is -2.32. The highest BCUT2D eigenvalue weighted by Crippen LogP contribution is 2.26. The Morgan fingerprint density at radius 2 is 2.14 bits per heavy atom. The molecule has 1 atom stereocenters. The molecule has 2 heterocycles. The average molecular weight is 286 g/mol. The highest BCUT2D eigenvalue weighted by molar-refractivity contribution is 5.20. The van der Waals surface area contributed by atoms with Gasteiger partial charge in [-0.2, -0.15) is 0 Å². The Hall–Kier alpha value is -1.88. The number of nitrogens with one attached hydrogen (secondary N) is 1. The zero-order valence-corrected chi connectivity index (χ0v) is 12.5. The number of benzene rings is 1. The Labute approximate surface area is 125 Å². The maximum absolute atomic E-state index is 5.31. The molecule has 5 heteroatoms. The van der Waals surface area contributed by atoms with Crippen LogP contribution in [0.3, 0.4) is 0 Å². The average Bonchev–Trinajstić information content (AvgIpc) is 2.94. The van der Waals surface area contributed by atoms with E-state index in [-0.39, 0.29) is 0 Å². The molecule has 0 amide bonds. The summed E-state index contributed by atoms with van der Waals surface area (Å²) >= 11 is 0. The van der Waals surface area contributed by atoms with E-state index in [9.17, 15) is 0 Å². The molecule has 21 heavy (non-hydrogen) atoms. The van der Waals surface area contributed by atoms with Gasteiger partial charge in [-0.05, 0) is 30.9 Å². The standard InChI is InChI=1S/C16H22N4O/c1-13-18-19-16(21-13)17-9-11-20-10-5-8-15(12-20)14-6-3-2-4-7-14/h2-4,6-7,15H,5,8-12H2,1H3,(H,17,19)/t15-/m0/s1. The number of aryl methyl sites for hydroxylation is 1. The molecule has 0 bridgehead atoms. The van der Waals surface area contributed by atoms with Crippen LogP contribution in [0.1, 0.15) is 30.2 Å². The van der Waals surface area contributed by atoms with Crippen molar-refractivity contribution in [2.24, 2.45) is 0 Å². The van der Waals surface area contributed by atoms with Gasteiger partial charge in [-0.1, -0.05) is 35.4 Å². The molecule has 1 aliphatic rings. The Balaban J connectivity index is 1.47. The molecule has 0 radical (unpaired) electrons. The van der Waals surface area contributed by atoms with E-state index in [1.807, 2.05) is 0 Å². The smallest absolute Gasteiger partial charge is 0.315 e. The zero-order valence-electron chi connectivity index (χ0n) is 12.5. The molecule has 1 saturated heterocycles. The minimum atomic E-state index is 0.518. The number of anilines is 1. The van der Waals surface area contributed by atoms with Crippen LogP contribution >= 0.6 is 0 Å². The number of hydrogen-bond donors (Lipinski definition) is 1. The first-order valence-corrected chi connectivity index (χ1v) is 7.62. The van der Waals surface area contributed by atoms with Gasteiger partial charge in [0.05, 0.1) is 0 Å². The highest BCUT2D eigenvalue weighted by Gasteiger charge is 2.20. The number of piperidine rings is 1. The fraction of sp³-hybridized carbons (Fsp3) is 0.500. The monoisotopic (exact) mass is 286 g/mol.